The van der Waals surface area contributed by atoms with Crippen LogP contribution in [0.2, 0.25) is 0 Å². The number of carbonyl (C=O) groups excluding carboxylic acids is 1. The first kappa shape index (κ1) is 16.4. The fourth-order valence-corrected chi connectivity index (χ4v) is 1.80. The maximum absolute atomic E-state index is 11.7. The summed E-state index contributed by atoms with van der Waals surface area (Å²) >= 11 is 0. The second kappa shape index (κ2) is 8.48. The van der Waals surface area contributed by atoms with Gasteiger partial charge >= 0.3 is 0 Å². The standard InChI is InChI=1S/C16H18N2O.BrH/c1-14-7-10-18(11-8-14)12-9-16(19)17-13-15-5-3-2-4-6-15;/h2-8,10-11H,9,12-13H2,1H3;1H. The van der Waals surface area contributed by atoms with Crippen molar-refractivity contribution in [2.24, 2.45) is 0 Å². The largest absolute Gasteiger partial charge is 1.00 e. The van der Waals surface area contributed by atoms with Crippen molar-refractivity contribution in [3.63, 3.8) is 0 Å². The van der Waals surface area contributed by atoms with Crippen molar-refractivity contribution in [3.8, 4) is 0 Å². The normalized spacial score (nSPS) is 9.65. The van der Waals surface area contributed by atoms with Crippen molar-refractivity contribution < 1.29 is 26.3 Å². The fraction of sp³-hybridized carbons (Fsp3) is 0.250. The molecule has 106 valence electrons. The van der Waals surface area contributed by atoms with E-state index < -0.39 is 0 Å². The lowest BCUT2D eigenvalue weighted by Gasteiger charge is -2.04. The number of aromatic nitrogens is 1. The van der Waals surface area contributed by atoms with Gasteiger partial charge in [0.05, 0.1) is 6.42 Å². The minimum Gasteiger partial charge on any atom is -1.00 e. The van der Waals surface area contributed by atoms with Crippen molar-refractivity contribution in [1.29, 1.82) is 0 Å². The monoisotopic (exact) mass is 334 g/mol. The van der Waals surface area contributed by atoms with Crippen LogP contribution in [0.15, 0.2) is 54.9 Å². The summed E-state index contributed by atoms with van der Waals surface area (Å²) in [6.45, 7) is 3.36. The first-order chi connectivity index (χ1) is 9.24. The number of rotatable bonds is 5. The van der Waals surface area contributed by atoms with Crippen LogP contribution in [0.25, 0.3) is 0 Å². The summed E-state index contributed by atoms with van der Waals surface area (Å²) in [5, 5.41) is 2.93. The highest BCUT2D eigenvalue weighted by molar-refractivity contribution is 5.75. The first-order valence-corrected chi connectivity index (χ1v) is 6.50. The Morgan fingerprint density at radius 3 is 2.40 bits per heavy atom. The van der Waals surface area contributed by atoms with Gasteiger partial charge in [0.15, 0.2) is 18.9 Å². The van der Waals surface area contributed by atoms with Gasteiger partial charge in [0.1, 0.15) is 0 Å². The number of carbonyl (C=O) groups is 1. The van der Waals surface area contributed by atoms with Crippen LogP contribution in [0.5, 0.6) is 0 Å². The molecule has 1 heterocycles. The summed E-state index contributed by atoms with van der Waals surface area (Å²) in [6.07, 6.45) is 4.50. The molecule has 0 fully saturated rings. The van der Waals surface area contributed by atoms with Crippen molar-refractivity contribution in [3.05, 3.63) is 66.0 Å². The summed E-state index contributed by atoms with van der Waals surface area (Å²) in [6, 6.07) is 14.0. The molecule has 0 spiro atoms. The second-order valence-electron chi connectivity index (χ2n) is 4.63. The molecule has 1 aromatic carbocycles. The third-order valence-corrected chi connectivity index (χ3v) is 2.99. The summed E-state index contributed by atoms with van der Waals surface area (Å²) in [7, 11) is 0. The van der Waals surface area contributed by atoms with Crippen LogP contribution in [0.3, 0.4) is 0 Å². The summed E-state index contributed by atoms with van der Waals surface area (Å²) < 4.78 is 2.02. The van der Waals surface area contributed by atoms with E-state index in [0.717, 1.165) is 5.56 Å². The first-order valence-electron chi connectivity index (χ1n) is 6.50. The molecule has 0 saturated heterocycles. The van der Waals surface area contributed by atoms with E-state index in [-0.39, 0.29) is 22.9 Å². The van der Waals surface area contributed by atoms with Gasteiger partial charge < -0.3 is 22.3 Å². The Kier molecular flexibility index (Phi) is 6.94. The molecule has 0 radical (unpaired) electrons. The number of hydrogen-bond acceptors (Lipinski definition) is 1. The molecule has 1 aromatic heterocycles. The lowest BCUT2D eigenvalue weighted by Crippen LogP contribution is -3.00. The molecule has 0 aliphatic rings. The van der Waals surface area contributed by atoms with Gasteiger partial charge in [-0.1, -0.05) is 30.3 Å². The molecule has 0 unspecified atom stereocenters. The van der Waals surface area contributed by atoms with Crippen LogP contribution < -0.4 is 26.9 Å². The van der Waals surface area contributed by atoms with Gasteiger partial charge in [-0.05, 0) is 18.1 Å². The molecular formula is C16H19BrN2O. The smallest absolute Gasteiger partial charge is 0.226 e. The van der Waals surface area contributed by atoms with Gasteiger partial charge in [-0.3, -0.25) is 4.79 Å². The van der Waals surface area contributed by atoms with E-state index in [1.807, 2.05) is 59.4 Å². The van der Waals surface area contributed by atoms with E-state index in [4.69, 9.17) is 0 Å². The highest BCUT2D eigenvalue weighted by Crippen LogP contribution is 1.97. The van der Waals surface area contributed by atoms with E-state index >= 15 is 0 Å². The molecule has 0 bridgehead atoms. The zero-order chi connectivity index (χ0) is 13.5. The third-order valence-electron chi connectivity index (χ3n) is 2.99. The molecular weight excluding hydrogens is 316 g/mol. The third kappa shape index (κ3) is 5.53. The number of aryl methyl sites for hydroxylation is 2. The van der Waals surface area contributed by atoms with E-state index in [1.165, 1.54) is 5.56 Å². The number of hydrogen-bond donors (Lipinski definition) is 1. The molecule has 1 amide bonds. The van der Waals surface area contributed by atoms with Crippen LogP contribution >= 0.6 is 0 Å². The Bertz CT molecular complexity index is 526. The zero-order valence-corrected chi connectivity index (χ0v) is 13.1. The molecule has 20 heavy (non-hydrogen) atoms. The van der Waals surface area contributed by atoms with Crippen LogP contribution in [-0.4, -0.2) is 5.91 Å². The molecule has 4 heteroatoms. The Hall–Kier alpha value is -1.68. The maximum atomic E-state index is 11.7. The molecule has 3 nitrogen and oxygen atoms in total. The van der Waals surface area contributed by atoms with Gasteiger partial charge in [-0.15, -0.1) is 0 Å². The molecule has 0 atom stereocenters. The molecule has 2 rings (SSSR count). The Balaban J connectivity index is 0.00000200. The van der Waals surface area contributed by atoms with Crippen molar-refractivity contribution in [1.82, 2.24) is 5.32 Å². The van der Waals surface area contributed by atoms with Crippen molar-refractivity contribution in [2.75, 3.05) is 0 Å². The number of nitrogens with zero attached hydrogens (tertiary/aromatic N) is 1. The molecule has 0 aliphatic carbocycles. The molecule has 1 N–H and O–H groups in total. The Morgan fingerprint density at radius 2 is 1.75 bits per heavy atom. The summed E-state index contributed by atoms with van der Waals surface area (Å²) in [5.41, 5.74) is 2.35. The van der Waals surface area contributed by atoms with Crippen molar-refractivity contribution >= 4 is 5.91 Å². The van der Waals surface area contributed by atoms with E-state index in [0.29, 0.717) is 19.5 Å². The number of amides is 1. The minimum absolute atomic E-state index is 0. The number of nitrogens with one attached hydrogen (secondary N) is 1. The summed E-state index contributed by atoms with van der Waals surface area (Å²) in [5.74, 6) is 0.0805. The maximum Gasteiger partial charge on any atom is 0.226 e. The number of halogens is 1. The minimum atomic E-state index is 0. The fourth-order valence-electron chi connectivity index (χ4n) is 1.80. The number of benzene rings is 1. The van der Waals surface area contributed by atoms with E-state index in [9.17, 15) is 4.79 Å². The highest BCUT2D eigenvalue weighted by Gasteiger charge is 2.05. The SMILES string of the molecule is Cc1cc[n+](CCC(=O)NCc2ccccc2)cc1.[Br-]. The van der Waals surface area contributed by atoms with E-state index in [1.54, 1.807) is 0 Å². The highest BCUT2D eigenvalue weighted by atomic mass is 79.9. The Labute approximate surface area is 130 Å². The van der Waals surface area contributed by atoms with Crippen LogP contribution in [0.1, 0.15) is 17.5 Å². The van der Waals surface area contributed by atoms with Crippen molar-refractivity contribution in [2.45, 2.75) is 26.4 Å². The summed E-state index contributed by atoms with van der Waals surface area (Å²) in [4.78, 5) is 11.7. The van der Waals surface area contributed by atoms with Gasteiger partial charge in [-0.25, -0.2) is 4.57 Å². The lowest BCUT2D eigenvalue weighted by atomic mass is 10.2. The predicted molar refractivity (Wildman–Crippen MR) is 74.3 cm³/mol. The predicted octanol–water partition coefficient (Wildman–Crippen LogP) is -1.01. The molecule has 0 saturated carbocycles. The van der Waals surface area contributed by atoms with E-state index in [2.05, 4.69) is 12.2 Å². The van der Waals surface area contributed by atoms with Crippen LogP contribution in [0, 0.1) is 6.92 Å². The average molecular weight is 335 g/mol. The zero-order valence-electron chi connectivity index (χ0n) is 11.6. The lowest BCUT2D eigenvalue weighted by molar-refractivity contribution is -0.695. The number of pyridine rings is 1. The van der Waals surface area contributed by atoms with Gasteiger partial charge in [-0.2, -0.15) is 0 Å². The molecule has 2 aromatic rings. The van der Waals surface area contributed by atoms with Crippen LogP contribution in [-0.2, 0) is 17.9 Å². The topological polar surface area (TPSA) is 33.0 Å². The van der Waals surface area contributed by atoms with Gasteiger partial charge in [0.2, 0.25) is 5.91 Å². The Morgan fingerprint density at radius 1 is 1.10 bits per heavy atom. The average Bonchev–Trinajstić information content (AvgIpc) is 2.45. The second-order valence-corrected chi connectivity index (χ2v) is 4.63. The van der Waals surface area contributed by atoms with Gasteiger partial charge in [0, 0.05) is 18.7 Å². The van der Waals surface area contributed by atoms with Crippen LogP contribution in [0.4, 0.5) is 0 Å². The molecule has 0 aliphatic heterocycles. The quantitative estimate of drug-likeness (QED) is 0.699. The van der Waals surface area contributed by atoms with Gasteiger partial charge in [0.25, 0.3) is 0 Å².